The zero-order valence-corrected chi connectivity index (χ0v) is 14.0. The van der Waals surface area contributed by atoms with E-state index in [1.54, 1.807) is 13.8 Å². The second kappa shape index (κ2) is 5.78. The Morgan fingerprint density at radius 1 is 1.29 bits per heavy atom. The van der Waals surface area contributed by atoms with Gasteiger partial charge >= 0.3 is 0 Å². The van der Waals surface area contributed by atoms with Crippen LogP contribution in [0.25, 0.3) is 0 Å². The SMILES string of the molecule is CCc1nc(NS(=O)(=O)c2c(C)oc(C)c2CO)sc1C. The zero-order valence-electron chi connectivity index (χ0n) is 12.3. The number of aryl methyl sites for hydroxylation is 4. The van der Waals surface area contributed by atoms with E-state index in [9.17, 15) is 13.5 Å². The summed E-state index contributed by atoms with van der Waals surface area (Å²) in [6.45, 7) is 6.66. The molecule has 6 nitrogen and oxygen atoms in total. The number of aromatic nitrogens is 1. The number of anilines is 1. The Hall–Kier alpha value is -1.38. The van der Waals surface area contributed by atoms with Gasteiger partial charge in [0.05, 0.1) is 12.3 Å². The van der Waals surface area contributed by atoms with E-state index in [0.29, 0.717) is 10.9 Å². The Kier molecular flexibility index (Phi) is 4.40. The van der Waals surface area contributed by atoms with Crippen LogP contribution in [-0.4, -0.2) is 18.5 Å². The Bertz CT molecular complexity index is 759. The molecule has 0 unspecified atom stereocenters. The highest BCUT2D eigenvalue weighted by Crippen LogP contribution is 2.30. The average molecular weight is 330 g/mol. The van der Waals surface area contributed by atoms with Gasteiger partial charge in [0.2, 0.25) is 0 Å². The Morgan fingerprint density at radius 3 is 2.48 bits per heavy atom. The summed E-state index contributed by atoms with van der Waals surface area (Å²) in [6.07, 6.45) is 0.746. The number of hydrogen-bond donors (Lipinski definition) is 2. The summed E-state index contributed by atoms with van der Waals surface area (Å²) in [5, 5.41) is 9.69. The number of nitrogens with zero attached hydrogens (tertiary/aromatic N) is 1. The summed E-state index contributed by atoms with van der Waals surface area (Å²) in [4.78, 5) is 5.24. The van der Waals surface area contributed by atoms with Gasteiger partial charge < -0.3 is 9.52 Å². The molecule has 0 amide bonds. The standard InChI is InChI=1S/C13H18N2O4S2/c1-5-11-9(4)20-13(14-11)15-21(17,18)12-8(3)19-7(2)10(12)6-16/h16H,5-6H2,1-4H3,(H,14,15). The number of aliphatic hydroxyl groups excluding tert-OH is 1. The molecule has 2 heterocycles. The van der Waals surface area contributed by atoms with Gasteiger partial charge in [-0.15, -0.1) is 11.3 Å². The Balaban J connectivity index is 2.43. The molecule has 0 fully saturated rings. The first-order chi connectivity index (χ1) is 9.80. The summed E-state index contributed by atoms with van der Waals surface area (Å²) in [6, 6.07) is 0. The fourth-order valence-electron chi connectivity index (χ4n) is 2.21. The van der Waals surface area contributed by atoms with Crippen molar-refractivity contribution >= 4 is 26.5 Å². The van der Waals surface area contributed by atoms with Crippen LogP contribution < -0.4 is 4.72 Å². The topological polar surface area (TPSA) is 92.4 Å². The number of thiazole rings is 1. The van der Waals surface area contributed by atoms with Crippen LogP contribution in [0.4, 0.5) is 5.13 Å². The molecule has 0 bridgehead atoms. The number of furan rings is 1. The van der Waals surface area contributed by atoms with E-state index >= 15 is 0 Å². The average Bonchev–Trinajstić information content (AvgIpc) is 2.88. The summed E-state index contributed by atoms with van der Waals surface area (Å²) in [7, 11) is -3.83. The van der Waals surface area contributed by atoms with E-state index in [1.807, 2.05) is 13.8 Å². The molecule has 0 aliphatic heterocycles. The monoisotopic (exact) mass is 330 g/mol. The molecule has 0 aliphatic carbocycles. The van der Waals surface area contributed by atoms with Crippen molar-refractivity contribution < 1.29 is 17.9 Å². The fraction of sp³-hybridized carbons (Fsp3) is 0.462. The second-order valence-corrected chi connectivity index (χ2v) is 7.48. The van der Waals surface area contributed by atoms with E-state index in [-0.39, 0.29) is 16.2 Å². The van der Waals surface area contributed by atoms with E-state index in [0.717, 1.165) is 17.0 Å². The van der Waals surface area contributed by atoms with Crippen LogP contribution in [0.2, 0.25) is 0 Å². The first kappa shape index (κ1) is 16.0. The molecule has 2 aromatic rings. The molecule has 2 rings (SSSR count). The van der Waals surface area contributed by atoms with Gasteiger partial charge in [-0.3, -0.25) is 4.72 Å². The van der Waals surface area contributed by atoms with E-state index in [4.69, 9.17) is 4.42 Å². The smallest absolute Gasteiger partial charge is 0.267 e. The highest BCUT2D eigenvalue weighted by atomic mass is 32.2. The van der Waals surface area contributed by atoms with Crippen molar-refractivity contribution in [1.82, 2.24) is 4.98 Å². The fourth-order valence-corrected chi connectivity index (χ4v) is 4.79. The lowest BCUT2D eigenvalue weighted by Gasteiger charge is -2.05. The number of rotatable bonds is 5. The molecule has 8 heteroatoms. The van der Waals surface area contributed by atoms with Gasteiger partial charge in [-0.05, 0) is 27.2 Å². The maximum Gasteiger partial charge on any atom is 0.267 e. The van der Waals surface area contributed by atoms with Crippen molar-refractivity contribution in [1.29, 1.82) is 0 Å². The van der Waals surface area contributed by atoms with Crippen molar-refractivity contribution in [2.45, 2.75) is 45.6 Å². The molecular weight excluding hydrogens is 312 g/mol. The summed E-state index contributed by atoms with van der Waals surface area (Å²) in [5.41, 5.74) is 1.16. The van der Waals surface area contributed by atoms with Crippen molar-refractivity contribution in [3.63, 3.8) is 0 Å². The molecule has 0 aliphatic rings. The van der Waals surface area contributed by atoms with E-state index in [2.05, 4.69) is 9.71 Å². The third kappa shape index (κ3) is 2.97. The normalized spacial score (nSPS) is 11.9. The zero-order chi connectivity index (χ0) is 15.8. The van der Waals surface area contributed by atoms with E-state index in [1.165, 1.54) is 11.3 Å². The minimum atomic E-state index is -3.83. The summed E-state index contributed by atoms with van der Waals surface area (Å²) < 4.78 is 32.8. The summed E-state index contributed by atoms with van der Waals surface area (Å²) >= 11 is 1.29. The number of nitrogens with one attached hydrogen (secondary N) is 1. The van der Waals surface area contributed by atoms with Crippen molar-refractivity contribution in [2.75, 3.05) is 4.72 Å². The molecule has 2 aromatic heterocycles. The highest BCUT2D eigenvalue weighted by Gasteiger charge is 2.27. The van der Waals surface area contributed by atoms with Crippen LogP contribution in [-0.2, 0) is 23.1 Å². The van der Waals surface area contributed by atoms with Gasteiger partial charge in [-0.25, -0.2) is 13.4 Å². The first-order valence-electron chi connectivity index (χ1n) is 6.49. The second-order valence-electron chi connectivity index (χ2n) is 4.66. The Labute approximate surface area is 127 Å². The van der Waals surface area contributed by atoms with Gasteiger partial charge in [0, 0.05) is 10.4 Å². The number of hydrogen-bond acceptors (Lipinski definition) is 6. The lowest BCUT2D eigenvalue weighted by molar-refractivity contribution is 0.276. The van der Waals surface area contributed by atoms with Gasteiger partial charge in [0.15, 0.2) is 5.13 Å². The predicted octanol–water partition coefficient (Wildman–Crippen LogP) is 2.52. The molecule has 0 spiro atoms. The molecule has 116 valence electrons. The lowest BCUT2D eigenvalue weighted by Crippen LogP contribution is -2.15. The molecule has 0 atom stereocenters. The third-order valence-electron chi connectivity index (χ3n) is 3.20. The van der Waals surface area contributed by atoms with Gasteiger partial charge in [-0.1, -0.05) is 6.92 Å². The molecule has 2 N–H and O–H groups in total. The van der Waals surface area contributed by atoms with Crippen molar-refractivity contribution in [3.05, 3.63) is 27.7 Å². The minimum Gasteiger partial charge on any atom is -0.465 e. The largest absolute Gasteiger partial charge is 0.465 e. The molecular formula is C13H18N2O4S2. The van der Waals surface area contributed by atoms with Crippen molar-refractivity contribution in [2.24, 2.45) is 0 Å². The molecule has 21 heavy (non-hydrogen) atoms. The van der Waals surface area contributed by atoms with Gasteiger partial charge in [0.1, 0.15) is 16.4 Å². The van der Waals surface area contributed by atoms with Crippen LogP contribution >= 0.6 is 11.3 Å². The molecule has 0 radical (unpaired) electrons. The van der Waals surface area contributed by atoms with Crippen LogP contribution in [0.5, 0.6) is 0 Å². The highest BCUT2D eigenvalue weighted by molar-refractivity contribution is 7.93. The summed E-state index contributed by atoms with van der Waals surface area (Å²) in [5.74, 6) is 0.660. The van der Waals surface area contributed by atoms with Crippen molar-refractivity contribution in [3.8, 4) is 0 Å². The van der Waals surface area contributed by atoms with E-state index < -0.39 is 16.6 Å². The molecule has 0 aromatic carbocycles. The number of aliphatic hydroxyl groups is 1. The van der Waals surface area contributed by atoms with Gasteiger partial charge in [-0.2, -0.15) is 0 Å². The molecule has 0 saturated heterocycles. The van der Waals surface area contributed by atoms with Crippen LogP contribution in [0.3, 0.4) is 0 Å². The molecule has 0 saturated carbocycles. The first-order valence-corrected chi connectivity index (χ1v) is 8.79. The Morgan fingerprint density at radius 2 is 1.95 bits per heavy atom. The third-order valence-corrected chi connectivity index (χ3v) is 5.79. The van der Waals surface area contributed by atoms with Crippen LogP contribution in [0.15, 0.2) is 9.31 Å². The van der Waals surface area contributed by atoms with Crippen LogP contribution in [0.1, 0.15) is 34.6 Å². The maximum absolute atomic E-state index is 12.5. The minimum absolute atomic E-state index is 0.00611. The predicted molar refractivity (Wildman–Crippen MR) is 81.1 cm³/mol. The number of sulfonamides is 1. The lowest BCUT2D eigenvalue weighted by atomic mass is 10.2. The maximum atomic E-state index is 12.5. The van der Waals surface area contributed by atoms with Gasteiger partial charge in [0.25, 0.3) is 10.0 Å². The van der Waals surface area contributed by atoms with Crippen LogP contribution in [0, 0.1) is 20.8 Å². The quantitative estimate of drug-likeness (QED) is 0.879.